The molecule has 1 aliphatic carbocycles. The highest BCUT2D eigenvalue weighted by Gasteiger charge is 2.41. The van der Waals surface area contributed by atoms with E-state index in [1.165, 1.54) is 0 Å². The van der Waals surface area contributed by atoms with E-state index in [2.05, 4.69) is 36.4 Å². The summed E-state index contributed by atoms with van der Waals surface area (Å²) in [6, 6.07) is -0.100. The van der Waals surface area contributed by atoms with Crippen molar-refractivity contribution in [2.45, 2.75) is 65.3 Å². The number of aliphatic imine (C=N–C) groups is 1. The van der Waals surface area contributed by atoms with E-state index < -0.39 is 0 Å². The van der Waals surface area contributed by atoms with Gasteiger partial charge < -0.3 is 15.4 Å². The van der Waals surface area contributed by atoms with Crippen molar-refractivity contribution in [1.29, 1.82) is 0 Å². The summed E-state index contributed by atoms with van der Waals surface area (Å²) in [6.45, 7) is 9.56. The molecule has 0 radical (unpaired) electrons. The molecule has 142 valence electrons. The minimum absolute atomic E-state index is 0.00429. The molecule has 1 saturated carbocycles. The van der Waals surface area contributed by atoms with Crippen LogP contribution in [0.1, 0.15) is 59.3 Å². The van der Waals surface area contributed by atoms with Gasteiger partial charge in [-0.3, -0.25) is 0 Å². The molecule has 1 aliphatic heterocycles. The van der Waals surface area contributed by atoms with Crippen molar-refractivity contribution in [1.82, 2.24) is 10.6 Å². The Morgan fingerprint density at radius 1 is 1.20 bits per heavy atom. The summed E-state index contributed by atoms with van der Waals surface area (Å²) in [5, 5.41) is 5.98. The molecule has 0 aromatic rings. The zero-order valence-electron chi connectivity index (χ0n) is 15.9. The van der Waals surface area contributed by atoms with Crippen LogP contribution in [-0.2, 0) is 9.53 Å². The van der Waals surface area contributed by atoms with Crippen molar-refractivity contribution in [3.05, 3.63) is 0 Å². The summed E-state index contributed by atoms with van der Waals surface area (Å²) < 4.78 is 5.36. The second-order valence-corrected chi connectivity index (χ2v) is 8.89. The van der Waals surface area contributed by atoms with Gasteiger partial charge in [0.05, 0.1) is 6.04 Å². The molecule has 2 unspecified atom stereocenters. The van der Waals surface area contributed by atoms with Gasteiger partial charge in [-0.15, -0.1) is 0 Å². The maximum atomic E-state index is 12.1. The molecule has 6 heteroatoms. The van der Waals surface area contributed by atoms with Gasteiger partial charge in [0, 0.05) is 26.3 Å². The second kappa shape index (κ2) is 8.81. The molecule has 2 atom stereocenters. The van der Waals surface area contributed by atoms with Crippen molar-refractivity contribution in [3.63, 3.8) is 0 Å². The lowest BCUT2D eigenvalue weighted by Crippen LogP contribution is -2.47. The number of nitrogens with zero attached hydrogens (tertiary/aromatic N) is 1. The van der Waals surface area contributed by atoms with Crippen LogP contribution in [0.4, 0.5) is 4.79 Å². The Balaban J connectivity index is 1.74. The van der Waals surface area contributed by atoms with E-state index in [1.807, 2.05) is 0 Å². The van der Waals surface area contributed by atoms with Gasteiger partial charge in [-0.25, -0.2) is 14.6 Å². The maximum absolute atomic E-state index is 12.1. The van der Waals surface area contributed by atoms with Crippen molar-refractivity contribution in [2.75, 3.05) is 26.3 Å². The molecule has 25 heavy (non-hydrogen) atoms. The third kappa shape index (κ3) is 6.79. The SMILES string of the molecule is CC1(C)CC(N=C=O)CC(C)(CNC(=O)NCCC2CCOCC2)C1. The Bertz CT molecular complexity index is 496. The fourth-order valence-corrected chi connectivity index (χ4v) is 4.66. The van der Waals surface area contributed by atoms with Gasteiger partial charge in [0.1, 0.15) is 0 Å². The van der Waals surface area contributed by atoms with E-state index in [0.717, 1.165) is 51.7 Å². The first kappa shape index (κ1) is 19.9. The first-order chi connectivity index (χ1) is 11.8. The molecule has 6 nitrogen and oxygen atoms in total. The molecule has 2 rings (SSSR count). The molecule has 1 heterocycles. The van der Waals surface area contributed by atoms with Crippen LogP contribution in [0, 0.1) is 16.7 Å². The van der Waals surface area contributed by atoms with Crippen LogP contribution in [0.15, 0.2) is 4.99 Å². The Hall–Kier alpha value is -1.39. The Morgan fingerprint density at radius 2 is 1.92 bits per heavy atom. The first-order valence-corrected chi connectivity index (χ1v) is 9.48. The monoisotopic (exact) mass is 351 g/mol. The summed E-state index contributed by atoms with van der Waals surface area (Å²) in [5.74, 6) is 0.660. The van der Waals surface area contributed by atoms with Crippen LogP contribution in [0.25, 0.3) is 0 Å². The lowest BCUT2D eigenvalue weighted by atomic mass is 9.63. The minimum atomic E-state index is -0.105. The number of carbonyl (C=O) groups excluding carboxylic acids is 2. The standard InChI is InChI=1S/C19H33N3O3/c1-18(2)10-16(22-14-23)11-19(3,12-18)13-21-17(24)20-7-4-15-5-8-25-9-6-15/h15-16H,4-13H2,1-3H3,(H2,20,21,24). The van der Waals surface area contributed by atoms with E-state index >= 15 is 0 Å². The van der Waals surface area contributed by atoms with Crippen LogP contribution in [0.2, 0.25) is 0 Å². The van der Waals surface area contributed by atoms with Gasteiger partial charge in [-0.1, -0.05) is 20.8 Å². The average molecular weight is 351 g/mol. The zero-order chi connectivity index (χ0) is 18.3. The lowest BCUT2D eigenvalue weighted by Gasteiger charge is -2.45. The molecule has 0 aromatic carbocycles. The second-order valence-electron chi connectivity index (χ2n) is 8.89. The van der Waals surface area contributed by atoms with Crippen LogP contribution in [0.5, 0.6) is 0 Å². The van der Waals surface area contributed by atoms with Gasteiger partial charge >= 0.3 is 6.03 Å². The molecule has 2 fully saturated rings. The van der Waals surface area contributed by atoms with E-state index in [4.69, 9.17) is 4.74 Å². The van der Waals surface area contributed by atoms with Crippen LogP contribution < -0.4 is 10.6 Å². The highest BCUT2D eigenvalue weighted by molar-refractivity contribution is 5.73. The molecule has 0 aromatic heterocycles. The van der Waals surface area contributed by atoms with Gasteiger partial charge in [0.25, 0.3) is 0 Å². The maximum Gasteiger partial charge on any atom is 0.314 e. The normalized spacial score (nSPS) is 29.5. The van der Waals surface area contributed by atoms with Gasteiger partial charge in [0.15, 0.2) is 0 Å². The first-order valence-electron chi connectivity index (χ1n) is 9.48. The van der Waals surface area contributed by atoms with E-state index in [1.54, 1.807) is 6.08 Å². The Morgan fingerprint density at radius 3 is 2.60 bits per heavy atom. The third-order valence-corrected chi connectivity index (χ3v) is 5.51. The van der Waals surface area contributed by atoms with Crippen LogP contribution in [-0.4, -0.2) is 44.5 Å². The Labute approximate surface area is 151 Å². The Kier molecular flexibility index (Phi) is 7.03. The highest BCUT2D eigenvalue weighted by Crippen LogP contribution is 2.46. The summed E-state index contributed by atoms with van der Waals surface area (Å²) in [6.07, 6.45) is 7.62. The molecule has 0 bridgehead atoms. The van der Waals surface area contributed by atoms with E-state index in [0.29, 0.717) is 19.0 Å². The molecule has 2 N–H and O–H groups in total. The molecular weight excluding hydrogens is 318 g/mol. The number of hydrogen-bond acceptors (Lipinski definition) is 4. The number of ether oxygens (including phenoxy) is 1. The summed E-state index contributed by atoms with van der Waals surface area (Å²) in [4.78, 5) is 26.7. The summed E-state index contributed by atoms with van der Waals surface area (Å²) in [5.41, 5.74) is 0.0596. The molecule has 0 spiro atoms. The number of carbonyl (C=O) groups is 1. The predicted molar refractivity (Wildman–Crippen MR) is 97.2 cm³/mol. The highest BCUT2D eigenvalue weighted by atomic mass is 16.5. The van der Waals surface area contributed by atoms with Gasteiger partial charge in [0.2, 0.25) is 6.08 Å². The summed E-state index contributed by atoms with van der Waals surface area (Å²) in [7, 11) is 0. The number of isocyanates is 1. The fourth-order valence-electron chi connectivity index (χ4n) is 4.66. The largest absolute Gasteiger partial charge is 0.381 e. The van der Waals surface area contributed by atoms with Gasteiger partial charge in [-0.2, -0.15) is 0 Å². The average Bonchev–Trinajstić information content (AvgIpc) is 2.52. The number of rotatable bonds is 6. The molecule has 2 aliphatic rings. The van der Waals surface area contributed by atoms with Crippen molar-refractivity contribution in [2.24, 2.45) is 21.7 Å². The number of urea groups is 1. The van der Waals surface area contributed by atoms with Crippen molar-refractivity contribution < 1.29 is 14.3 Å². The summed E-state index contributed by atoms with van der Waals surface area (Å²) >= 11 is 0. The zero-order valence-corrected chi connectivity index (χ0v) is 15.9. The molecule has 2 amide bonds. The quantitative estimate of drug-likeness (QED) is 0.570. The van der Waals surface area contributed by atoms with Crippen LogP contribution in [0.3, 0.4) is 0 Å². The predicted octanol–water partition coefficient (Wildman–Crippen LogP) is 3.02. The topological polar surface area (TPSA) is 79.8 Å². The lowest BCUT2D eigenvalue weighted by molar-refractivity contribution is 0.0641. The van der Waals surface area contributed by atoms with Crippen molar-refractivity contribution in [3.8, 4) is 0 Å². The van der Waals surface area contributed by atoms with E-state index in [-0.39, 0.29) is 22.9 Å². The third-order valence-electron chi connectivity index (χ3n) is 5.51. The number of amides is 2. The number of nitrogens with one attached hydrogen (secondary N) is 2. The van der Waals surface area contributed by atoms with Crippen molar-refractivity contribution >= 4 is 12.1 Å². The smallest absolute Gasteiger partial charge is 0.314 e. The molecular formula is C19H33N3O3. The fraction of sp³-hybridized carbons (Fsp3) is 0.895. The molecule has 1 saturated heterocycles. The van der Waals surface area contributed by atoms with E-state index in [9.17, 15) is 9.59 Å². The van der Waals surface area contributed by atoms with Gasteiger partial charge in [-0.05, 0) is 55.3 Å². The van der Waals surface area contributed by atoms with Crippen LogP contribution >= 0.6 is 0 Å². The minimum Gasteiger partial charge on any atom is -0.381 e. The number of hydrogen-bond donors (Lipinski definition) is 2.